The molecule has 0 spiro atoms. The van der Waals surface area contributed by atoms with Gasteiger partial charge in [0.2, 0.25) is 17.7 Å². The van der Waals surface area contributed by atoms with Crippen molar-refractivity contribution in [2.75, 3.05) is 20.3 Å². The third kappa shape index (κ3) is 12.3. The molecule has 13 heteroatoms. The van der Waals surface area contributed by atoms with Crippen LogP contribution in [0.4, 0.5) is 8.78 Å². The first kappa shape index (κ1) is 35.4. The number of nitrogens with one attached hydrogen (secondary N) is 1. The molecule has 4 atom stereocenters. The maximum absolute atomic E-state index is 13.6. The van der Waals surface area contributed by atoms with Crippen LogP contribution in [-0.4, -0.2) is 49.3 Å². The van der Waals surface area contributed by atoms with Gasteiger partial charge < -0.3 is 20.5 Å². The van der Waals surface area contributed by atoms with Gasteiger partial charge in [-0.1, -0.05) is 31.0 Å². The first-order valence-corrected chi connectivity index (χ1v) is 14.1. The number of likely N-dealkylation sites (N-methyl/N-ethyl adjacent to an activating group) is 1. The van der Waals surface area contributed by atoms with Crippen molar-refractivity contribution in [3.63, 3.8) is 0 Å². The number of aryl methyl sites for hydroxylation is 1. The number of carbonyl (C=O) groups is 2. The number of carbonyl (C=O) groups excluding carboxylic acids is 2. The van der Waals surface area contributed by atoms with E-state index in [-0.39, 0.29) is 41.4 Å². The number of ether oxygens (including phenoxy) is 2. The number of primary amides is 1. The Hall–Kier alpha value is -2.64. The molecular formula is C27H38ClF2N3O6S. The number of rotatable bonds is 11. The van der Waals surface area contributed by atoms with Crippen molar-refractivity contribution in [3.05, 3.63) is 58.6 Å². The lowest BCUT2D eigenvalue weighted by molar-refractivity contribution is -0.109. The summed E-state index contributed by atoms with van der Waals surface area (Å²) >= 11 is 3.90. The Morgan fingerprint density at radius 3 is 2.33 bits per heavy atom. The van der Waals surface area contributed by atoms with Crippen LogP contribution in [0.15, 0.2) is 36.4 Å². The smallest absolute Gasteiger partial charge is 0.231 e. The lowest BCUT2D eigenvalue weighted by Gasteiger charge is -2.43. The molecule has 2 aromatic carbocycles. The molecule has 40 heavy (non-hydrogen) atoms. The Bertz CT molecular complexity index is 1100. The lowest BCUT2D eigenvalue weighted by atomic mass is 9.69. The maximum Gasteiger partial charge on any atom is 0.231 e. The second kappa shape index (κ2) is 18.7. The van der Waals surface area contributed by atoms with Gasteiger partial charge in [-0.3, -0.25) is 13.8 Å². The average molecular weight is 606 g/mol. The molecule has 9 nitrogen and oxygen atoms in total. The Labute approximate surface area is 241 Å². The zero-order chi connectivity index (χ0) is 30.1. The van der Waals surface area contributed by atoms with Crippen molar-refractivity contribution in [1.29, 1.82) is 0 Å². The summed E-state index contributed by atoms with van der Waals surface area (Å²) in [7, 11) is 1.86. The summed E-state index contributed by atoms with van der Waals surface area (Å²) in [5, 5.41) is 8.62. The van der Waals surface area contributed by atoms with Crippen molar-refractivity contribution in [1.82, 2.24) is 5.32 Å². The molecule has 0 aliphatic heterocycles. The van der Waals surface area contributed by atoms with Crippen molar-refractivity contribution >= 4 is 35.6 Å². The molecule has 1 saturated carbocycles. The highest BCUT2D eigenvalue weighted by molar-refractivity contribution is 7.77. The molecule has 4 unspecified atom stereocenters. The van der Waals surface area contributed by atoms with E-state index in [9.17, 15) is 17.8 Å². The minimum absolute atomic E-state index is 0.0392. The topological polar surface area (TPSA) is 143 Å². The van der Waals surface area contributed by atoms with Crippen molar-refractivity contribution in [2.45, 2.75) is 58.1 Å². The number of hydrogen-bond donors (Lipinski definition) is 3. The van der Waals surface area contributed by atoms with E-state index in [0.29, 0.717) is 36.4 Å². The molecule has 224 valence electrons. The van der Waals surface area contributed by atoms with Crippen molar-refractivity contribution < 1.29 is 36.2 Å². The van der Waals surface area contributed by atoms with Crippen LogP contribution >= 0.6 is 11.6 Å². The quantitative estimate of drug-likeness (QED) is 0.327. The van der Waals surface area contributed by atoms with Crippen molar-refractivity contribution in [2.24, 2.45) is 16.3 Å². The summed E-state index contributed by atoms with van der Waals surface area (Å²) in [6.45, 7) is 4.18. The molecule has 0 heterocycles. The predicted octanol–water partition coefficient (Wildman–Crippen LogP) is 4.15. The van der Waals surface area contributed by atoms with Gasteiger partial charge in [-0.25, -0.2) is 18.1 Å². The molecule has 1 aliphatic carbocycles. The van der Waals surface area contributed by atoms with E-state index in [2.05, 4.69) is 18.0 Å². The monoisotopic (exact) mass is 605 g/mol. The number of benzene rings is 2. The average Bonchev–Trinajstić information content (AvgIpc) is 2.91. The second-order valence-electron chi connectivity index (χ2n) is 9.17. The van der Waals surface area contributed by atoms with Gasteiger partial charge in [0, 0.05) is 23.6 Å². The van der Waals surface area contributed by atoms with Crippen LogP contribution in [0.25, 0.3) is 0 Å². The Kier molecular flexibility index (Phi) is 16.5. The molecule has 1 amide bonds. The largest absolute Gasteiger partial charge is 0.493 e. The molecule has 0 aromatic heterocycles. The fourth-order valence-electron chi connectivity index (χ4n) is 4.43. The minimum atomic E-state index is -1.81. The van der Waals surface area contributed by atoms with Crippen LogP contribution in [0.5, 0.6) is 11.5 Å². The van der Waals surface area contributed by atoms with E-state index in [4.69, 9.17) is 35.2 Å². The van der Waals surface area contributed by atoms with E-state index in [1.807, 2.05) is 7.05 Å². The molecule has 0 saturated heterocycles. The minimum Gasteiger partial charge on any atom is -0.493 e. The molecule has 2 aromatic rings. The van der Waals surface area contributed by atoms with E-state index in [1.54, 1.807) is 25.1 Å². The van der Waals surface area contributed by atoms with Gasteiger partial charge in [-0.2, -0.15) is 0 Å². The van der Waals surface area contributed by atoms with Crippen LogP contribution < -0.4 is 25.7 Å². The molecule has 0 bridgehead atoms. The van der Waals surface area contributed by atoms with Crippen LogP contribution in [0, 0.1) is 24.0 Å². The third-order valence-corrected chi connectivity index (χ3v) is 7.08. The van der Waals surface area contributed by atoms with Gasteiger partial charge in [0.15, 0.2) is 6.29 Å². The van der Waals surface area contributed by atoms with Crippen LogP contribution in [0.3, 0.4) is 0 Å². The van der Waals surface area contributed by atoms with E-state index in [1.165, 1.54) is 18.2 Å². The fourth-order valence-corrected chi connectivity index (χ4v) is 4.99. The van der Waals surface area contributed by atoms with E-state index < -0.39 is 17.1 Å². The number of hydrogen-bond acceptors (Lipinski definition) is 7. The second-order valence-corrected chi connectivity index (χ2v) is 10.3. The highest BCUT2D eigenvalue weighted by Gasteiger charge is 2.42. The highest BCUT2D eigenvalue weighted by atomic mass is 35.5. The summed E-state index contributed by atoms with van der Waals surface area (Å²) < 4.78 is 54.0. The summed E-state index contributed by atoms with van der Waals surface area (Å²) in [5.41, 5.74) is 4.61. The molecule has 0 radical (unpaired) electrons. The third-order valence-electron chi connectivity index (χ3n) is 6.34. The number of amides is 1. The molecule has 3 rings (SSSR count). The van der Waals surface area contributed by atoms with Gasteiger partial charge in [0.1, 0.15) is 29.7 Å². The Morgan fingerprint density at radius 1 is 1.15 bits per heavy atom. The lowest BCUT2D eigenvalue weighted by Crippen LogP contribution is -2.50. The predicted molar refractivity (Wildman–Crippen MR) is 151 cm³/mol. The van der Waals surface area contributed by atoms with Gasteiger partial charge in [0.25, 0.3) is 0 Å². The van der Waals surface area contributed by atoms with Gasteiger partial charge in [-0.05, 0) is 63.4 Å². The summed E-state index contributed by atoms with van der Waals surface area (Å²) in [4.78, 5) is 18.5. The fraction of sp³-hybridized carbons (Fsp3) is 0.481. The number of halogens is 3. The highest BCUT2D eigenvalue weighted by Crippen LogP contribution is 2.42. The number of aldehydes is 1. The maximum atomic E-state index is 13.6. The molecule has 1 aliphatic rings. The van der Waals surface area contributed by atoms with Gasteiger partial charge in [-0.15, -0.1) is 0 Å². The normalized spacial score (nSPS) is 20.6. The van der Waals surface area contributed by atoms with Crippen molar-refractivity contribution in [3.8, 4) is 11.5 Å². The first-order chi connectivity index (χ1) is 19.0. The first-order valence-electron chi connectivity index (χ1n) is 12.6. The molecular weight excluding hydrogens is 568 g/mol. The van der Waals surface area contributed by atoms with Gasteiger partial charge in [0.05, 0.1) is 17.7 Å². The Morgan fingerprint density at radius 2 is 1.77 bits per heavy atom. The number of nitrogens with two attached hydrogens (primary N) is 2. The van der Waals surface area contributed by atoms with Crippen LogP contribution in [-0.2, 0) is 25.0 Å². The molecule has 1 fully saturated rings. The van der Waals surface area contributed by atoms with Gasteiger partial charge >= 0.3 is 0 Å². The van der Waals surface area contributed by atoms with Crippen LogP contribution in [0.1, 0.15) is 44.6 Å². The zero-order valence-corrected chi connectivity index (χ0v) is 24.4. The van der Waals surface area contributed by atoms with E-state index in [0.717, 1.165) is 25.7 Å². The zero-order valence-electron chi connectivity index (χ0n) is 22.9. The summed E-state index contributed by atoms with van der Waals surface area (Å²) in [5.74, 6) is 0.0129. The van der Waals surface area contributed by atoms with Crippen LogP contribution in [0.2, 0.25) is 5.02 Å². The standard InChI is InChI=1S/C17H26ClFN2O3S.C9H9FO2.CH3NO/c1-3-7-17(11-23-12-4-5-13(18)14(19)9-12)8-6-15(21-2)16(10-17)24-25(20)22;1-7-2-3-8(6-9(7)10)12-5-4-11;2-1-3/h4-5,9,15-16,21H,3,6-8,10-11,20H2,1-2H3;2-4,6H,5H2,1H3;1H,(H2,2,3). The molecule has 5 N–H and O–H groups in total. The summed E-state index contributed by atoms with van der Waals surface area (Å²) in [6, 6.07) is 9.04. The SMILES string of the molecule is CCCC1(COc2ccc(Cl)c(F)c2)CCC(NC)C(OS(N)=O)C1.Cc1ccc(OCC=O)cc1F.NC=O. The summed E-state index contributed by atoms with van der Waals surface area (Å²) in [6.07, 6.45) is 5.05. The van der Waals surface area contributed by atoms with E-state index >= 15 is 0 Å². The Balaban J connectivity index is 0.000000443.